The predicted octanol–water partition coefficient (Wildman–Crippen LogP) is 8.16. The van der Waals surface area contributed by atoms with E-state index in [1.54, 1.807) is 0 Å². The maximum Gasteiger partial charge on any atom is 0.163 e. The molecule has 0 saturated heterocycles. The topological polar surface area (TPSA) is 71.7 Å². The molecular weight excluding hydrogens is 516 g/mol. The lowest BCUT2D eigenvalue weighted by Crippen LogP contribution is -2.32. The first kappa shape index (κ1) is 24.2. The number of aromatic nitrogens is 3. The zero-order valence-electron chi connectivity index (χ0n) is 23.1. The molecular formula is C37H24N4O. The fourth-order valence-electron chi connectivity index (χ4n) is 6.73. The van der Waals surface area contributed by atoms with Crippen LogP contribution in [0.5, 0.6) is 11.5 Å². The molecule has 1 aromatic heterocycles. The molecule has 5 nitrogen and oxygen atoms in total. The lowest BCUT2D eigenvalue weighted by Gasteiger charge is -2.39. The zero-order chi connectivity index (χ0) is 28.4. The van der Waals surface area contributed by atoms with E-state index in [2.05, 4.69) is 93.8 Å². The number of ether oxygens (including phenoxy) is 1. The lowest BCUT2D eigenvalue weighted by molar-refractivity contribution is 0.436. The quantitative estimate of drug-likeness (QED) is 0.221. The van der Waals surface area contributed by atoms with Crippen molar-refractivity contribution in [2.24, 2.45) is 0 Å². The minimum atomic E-state index is -0.640. The molecule has 0 unspecified atom stereocenters. The molecule has 0 bridgehead atoms. The van der Waals surface area contributed by atoms with Gasteiger partial charge in [-0.1, -0.05) is 72.8 Å². The summed E-state index contributed by atoms with van der Waals surface area (Å²) in [5.74, 6) is 3.72. The van der Waals surface area contributed by atoms with E-state index < -0.39 is 5.41 Å². The maximum atomic E-state index is 9.92. The molecule has 6 aromatic rings. The van der Waals surface area contributed by atoms with Gasteiger partial charge in [-0.05, 0) is 83.6 Å². The second kappa shape index (κ2) is 8.95. The molecule has 0 radical (unpaired) electrons. The summed E-state index contributed by atoms with van der Waals surface area (Å²) in [6, 6.07) is 40.0. The predicted molar refractivity (Wildman–Crippen MR) is 162 cm³/mol. The van der Waals surface area contributed by atoms with Crippen LogP contribution in [0, 0.1) is 25.2 Å². The second-order valence-corrected chi connectivity index (χ2v) is 10.8. The van der Waals surface area contributed by atoms with Crippen molar-refractivity contribution in [3.05, 3.63) is 149 Å². The largest absolute Gasteiger partial charge is 0.457 e. The molecule has 0 saturated carbocycles. The first-order valence-corrected chi connectivity index (χ1v) is 13.9. The van der Waals surface area contributed by atoms with Crippen LogP contribution >= 0.6 is 0 Å². The van der Waals surface area contributed by atoms with Gasteiger partial charge in [0.05, 0.1) is 17.0 Å². The fourth-order valence-corrected chi connectivity index (χ4v) is 6.73. The number of rotatable bonds is 2. The third-order valence-corrected chi connectivity index (χ3v) is 8.38. The Bertz CT molecular complexity index is 2060. The number of hydrogen-bond donors (Lipinski definition) is 0. The summed E-state index contributed by atoms with van der Waals surface area (Å²) in [5.41, 5.74) is 9.80. The summed E-state index contributed by atoms with van der Waals surface area (Å²) in [5, 5.41) is 9.92. The van der Waals surface area contributed by atoms with E-state index in [-0.39, 0.29) is 0 Å². The van der Waals surface area contributed by atoms with E-state index in [1.807, 2.05) is 50.2 Å². The molecule has 42 heavy (non-hydrogen) atoms. The van der Waals surface area contributed by atoms with E-state index in [0.717, 1.165) is 56.0 Å². The molecule has 5 heteroatoms. The molecule has 8 rings (SSSR count). The van der Waals surface area contributed by atoms with Crippen molar-refractivity contribution in [3.63, 3.8) is 0 Å². The molecule has 1 aliphatic heterocycles. The average molecular weight is 541 g/mol. The van der Waals surface area contributed by atoms with Crippen LogP contribution in [0.3, 0.4) is 0 Å². The Balaban J connectivity index is 1.41. The van der Waals surface area contributed by atoms with Crippen LogP contribution in [0.1, 0.15) is 39.5 Å². The Morgan fingerprint density at radius 1 is 0.571 bits per heavy atom. The van der Waals surface area contributed by atoms with E-state index >= 15 is 0 Å². The number of hydrogen-bond acceptors (Lipinski definition) is 5. The molecule has 198 valence electrons. The Hall–Kier alpha value is -5.60. The number of benzene rings is 5. The monoisotopic (exact) mass is 540 g/mol. The summed E-state index contributed by atoms with van der Waals surface area (Å²) in [7, 11) is 0. The molecule has 0 fully saturated rings. The van der Waals surface area contributed by atoms with Gasteiger partial charge < -0.3 is 4.74 Å². The smallest absolute Gasteiger partial charge is 0.163 e. The van der Waals surface area contributed by atoms with Gasteiger partial charge in [-0.3, -0.25) is 0 Å². The summed E-state index contributed by atoms with van der Waals surface area (Å²) in [6.07, 6.45) is 0. The van der Waals surface area contributed by atoms with Gasteiger partial charge in [-0.15, -0.1) is 0 Å². The first-order valence-electron chi connectivity index (χ1n) is 13.9. The van der Waals surface area contributed by atoms with Gasteiger partial charge in [0.1, 0.15) is 23.1 Å². The van der Waals surface area contributed by atoms with Gasteiger partial charge in [0.25, 0.3) is 0 Å². The van der Waals surface area contributed by atoms with Crippen LogP contribution in [-0.4, -0.2) is 15.0 Å². The number of fused-ring (bicyclic) bond motifs is 9. The highest BCUT2D eigenvalue weighted by atomic mass is 16.5. The molecule has 1 spiro atoms. The van der Waals surface area contributed by atoms with Crippen molar-refractivity contribution in [2.45, 2.75) is 19.3 Å². The second-order valence-electron chi connectivity index (χ2n) is 10.8. The van der Waals surface area contributed by atoms with Crippen molar-refractivity contribution in [2.75, 3.05) is 0 Å². The Kier molecular flexibility index (Phi) is 5.16. The van der Waals surface area contributed by atoms with Gasteiger partial charge in [0.2, 0.25) is 0 Å². The summed E-state index contributed by atoms with van der Waals surface area (Å²) >= 11 is 0. The van der Waals surface area contributed by atoms with Crippen molar-refractivity contribution in [1.82, 2.24) is 15.0 Å². The Labute approximate surface area is 243 Å². The Morgan fingerprint density at radius 3 is 1.86 bits per heavy atom. The van der Waals surface area contributed by atoms with Gasteiger partial charge in [-0.25, -0.2) is 15.0 Å². The fraction of sp³-hybridized carbons (Fsp3) is 0.0811. The average Bonchev–Trinajstić information content (AvgIpc) is 3.30. The van der Waals surface area contributed by atoms with Gasteiger partial charge >= 0.3 is 0 Å². The van der Waals surface area contributed by atoms with Crippen LogP contribution < -0.4 is 4.74 Å². The minimum Gasteiger partial charge on any atom is -0.457 e. The van der Waals surface area contributed by atoms with Crippen LogP contribution in [0.25, 0.3) is 33.6 Å². The van der Waals surface area contributed by atoms with Gasteiger partial charge in [0, 0.05) is 16.7 Å². The van der Waals surface area contributed by atoms with Gasteiger partial charge in [0.15, 0.2) is 5.82 Å². The number of nitriles is 1. The number of nitrogens with zero attached hydrogens (tertiary/aromatic N) is 4. The van der Waals surface area contributed by atoms with Gasteiger partial charge in [-0.2, -0.15) is 5.26 Å². The summed E-state index contributed by atoms with van der Waals surface area (Å²) < 4.78 is 6.47. The third kappa shape index (κ3) is 3.39. The molecule has 5 aromatic carbocycles. The molecule has 0 N–H and O–H groups in total. The highest BCUT2D eigenvalue weighted by molar-refractivity contribution is 5.90. The van der Waals surface area contributed by atoms with E-state index in [0.29, 0.717) is 23.0 Å². The van der Waals surface area contributed by atoms with Crippen LogP contribution in [-0.2, 0) is 5.41 Å². The highest BCUT2D eigenvalue weighted by Gasteiger charge is 2.51. The summed E-state index contributed by atoms with van der Waals surface area (Å²) in [4.78, 5) is 13.5. The number of aryl methyl sites for hydroxylation is 2. The summed E-state index contributed by atoms with van der Waals surface area (Å²) in [6.45, 7) is 3.78. The molecule has 0 atom stereocenters. The van der Waals surface area contributed by atoms with Crippen molar-refractivity contribution in [3.8, 4) is 51.2 Å². The zero-order valence-corrected chi connectivity index (χ0v) is 23.1. The SMILES string of the molecule is Cc1nc(C)nc(-c2cccc(-c3ccc4c(c3)C3(c5ccccc5Oc5ccccc53)c3cc(C#N)ccc3-4)c2)n1. The molecule has 2 aliphatic rings. The standard InChI is InChI=1S/C37H24N4O/c1-22-39-23(2)41-36(40-22)27-9-7-8-25(19-27)26-15-17-29-28-16-14-24(21-38)18-32(28)37(33(29)20-26)30-10-3-5-12-34(30)42-35-13-6-4-11-31(35)37/h3-20H,1-2H3. The van der Waals surface area contributed by atoms with Crippen molar-refractivity contribution >= 4 is 0 Å². The molecule has 2 heterocycles. The molecule has 0 amide bonds. The highest BCUT2D eigenvalue weighted by Crippen LogP contribution is 2.62. The van der Waals surface area contributed by atoms with Crippen molar-refractivity contribution < 1.29 is 4.74 Å². The van der Waals surface area contributed by atoms with Crippen LogP contribution in [0.2, 0.25) is 0 Å². The normalized spacial score (nSPS) is 13.4. The van der Waals surface area contributed by atoms with Crippen LogP contribution in [0.15, 0.2) is 109 Å². The number of para-hydroxylation sites is 2. The first-order chi connectivity index (χ1) is 20.6. The third-order valence-electron chi connectivity index (χ3n) is 8.38. The Morgan fingerprint density at radius 2 is 1.17 bits per heavy atom. The van der Waals surface area contributed by atoms with E-state index in [1.165, 1.54) is 5.56 Å². The molecule has 1 aliphatic carbocycles. The van der Waals surface area contributed by atoms with Crippen molar-refractivity contribution in [1.29, 1.82) is 5.26 Å². The minimum absolute atomic E-state index is 0.637. The van der Waals surface area contributed by atoms with E-state index in [4.69, 9.17) is 4.74 Å². The maximum absolute atomic E-state index is 9.92. The van der Waals surface area contributed by atoms with Crippen LogP contribution in [0.4, 0.5) is 0 Å². The van der Waals surface area contributed by atoms with E-state index in [9.17, 15) is 5.26 Å². The lowest BCUT2D eigenvalue weighted by atomic mass is 9.65.